The Morgan fingerprint density at radius 3 is 2.43 bits per heavy atom. The lowest BCUT2D eigenvalue weighted by atomic mass is 10.2. The highest BCUT2D eigenvalue weighted by molar-refractivity contribution is 5.89. The Kier molecular flexibility index (Phi) is 4.40. The van der Waals surface area contributed by atoms with Crippen molar-refractivity contribution < 1.29 is 28.2 Å². The second kappa shape index (κ2) is 6.07. The molecule has 7 heteroatoms. The number of amides is 1. The highest BCUT2D eigenvalue weighted by atomic mass is 19.3. The molecule has 114 valence electrons. The van der Waals surface area contributed by atoms with Gasteiger partial charge in [-0.05, 0) is 24.1 Å². The molecule has 0 radical (unpaired) electrons. The van der Waals surface area contributed by atoms with Crippen molar-refractivity contribution in [3.63, 3.8) is 0 Å². The van der Waals surface area contributed by atoms with E-state index in [0.29, 0.717) is 6.42 Å². The van der Waals surface area contributed by atoms with Crippen LogP contribution in [0.4, 0.5) is 8.78 Å². The Morgan fingerprint density at radius 2 is 1.95 bits per heavy atom. The molecule has 0 spiro atoms. The van der Waals surface area contributed by atoms with E-state index in [2.05, 4.69) is 4.74 Å². The Hall–Kier alpha value is -2.18. The maximum absolute atomic E-state index is 12.0. The van der Waals surface area contributed by atoms with E-state index in [1.165, 1.54) is 17.0 Å². The molecule has 1 fully saturated rings. The first-order valence-electron chi connectivity index (χ1n) is 6.40. The molecule has 2 unspecified atom stereocenters. The average molecular weight is 299 g/mol. The fraction of sp³-hybridized carbons (Fsp3) is 0.429. The van der Waals surface area contributed by atoms with E-state index in [4.69, 9.17) is 5.11 Å². The fourth-order valence-corrected chi connectivity index (χ4v) is 2.15. The standard InChI is InChI=1S/C14H15F2NO4/c1-17(12(18)10-6-11(10)13(19)20)7-8-2-4-9(5-3-8)21-14(15)16/h2-5,10-11,14H,6-7H2,1H3,(H,19,20). The largest absolute Gasteiger partial charge is 0.481 e. The second-order valence-electron chi connectivity index (χ2n) is 5.00. The summed E-state index contributed by atoms with van der Waals surface area (Å²) >= 11 is 0. The van der Waals surface area contributed by atoms with Crippen LogP contribution in [0.3, 0.4) is 0 Å². The lowest BCUT2D eigenvalue weighted by molar-refractivity contribution is -0.141. The summed E-state index contributed by atoms with van der Waals surface area (Å²) in [7, 11) is 1.59. The quantitative estimate of drug-likeness (QED) is 0.872. The van der Waals surface area contributed by atoms with Crippen molar-refractivity contribution in [2.24, 2.45) is 11.8 Å². The third-order valence-electron chi connectivity index (χ3n) is 3.37. The van der Waals surface area contributed by atoms with Crippen LogP contribution in [0, 0.1) is 11.8 Å². The van der Waals surface area contributed by atoms with Crippen LogP contribution in [0.2, 0.25) is 0 Å². The van der Waals surface area contributed by atoms with Crippen LogP contribution in [-0.2, 0) is 16.1 Å². The van der Waals surface area contributed by atoms with Gasteiger partial charge >= 0.3 is 12.6 Å². The molecule has 0 heterocycles. The van der Waals surface area contributed by atoms with E-state index >= 15 is 0 Å². The molecule has 1 aromatic carbocycles. The number of carbonyl (C=O) groups excluding carboxylic acids is 1. The van der Waals surface area contributed by atoms with Crippen LogP contribution in [0.15, 0.2) is 24.3 Å². The average Bonchev–Trinajstić information content (AvgIpc) is 3.20. The van der Waals surface area contributed by atoms with Crippen LogP contribution >= 0.6 is 0 Å². The van der Waals surface area contributed by atoms with Crippen LogP contribution in [0.25, 0.3) is 0 Å². The predicted octanol–water partition coefficient (Wildman–Crippen LogP) is 1.97. The van der Waals surface area contributed by atoms with Gasteiger partial charge in [-0.3, -0.25) is 9.59 Å². The van der Waals surface area contributed by atoms with Gasteiger partial charge in [-0.15, -0.1) is 0 Å². The lowest BCUT2D eigenvalue weighted by Crippen LogP contribution is -2.28. The maximum atomic E-state index is 12.0. The highest BCUT2D eigenvalue weighted by Crippen LogP contribution is 2.40. The van der Waals surface area contributed by atoms with Gasteiger partial charge in [-0.1, -0.05) is 12.1 Å². The third kappa shape index (κ3) is 3.90. The van der Waals surface area contributed by atoms with Gasteiger partial charge in [-0.2, -0.15) is 8.78 Å². The molecule has 21 heavy (non-hydrogen) atoms. The molecular formula is C14H15F2NO4. The Morgan fingerprint density at radius 1 is 1.33 bits per heavy atom. The monoisotopic (exact) mass is 299 g/mol. The molecule has 0 aromatic heterocycles. The van der Waals surface area contributed by atoms with Crippen molar-refractivity contribution in [2.45, 2.75) is 19.6 Å². The first kappa shape index (κ1) is 15.2. The number of aliphatic carboxylic acids is 1. The number of hydrogen-bond donors (Lipinski definition) is 1. The van der Waals surface area contributed by atoms with E-state index in [1.807, 2.05) is 0 Å². The second-order valence-corrected chi connectivity index (χ2v) is 5.00. The van der Waals surface area contributed by atoms with E-state index < -0.39 is 24.4 Å². The minimum absolute atomic E-state index is 0.0517. The van der Waals surface area contributed by atoms with Crippen LogP contribution in [0.1, 0.15) is 12.0 Å². The van der Waals surface area contributed by atoms with Crippen molar-refractivity contribution in [2.75, 3.05) is 7.05 Å². The number of benzene rings is 1. The number of carboxylic acid groups (broad SMARTS) is 1. The zero-order chi connectivity index (χ0) is 15.6. The van der Waals surface area contributed by atoms with Gasteiger partial charge in [0, 0.05) is 13.6 Å². The minimum atomic E-state index is -2.87. The number of nitrogens with zero attached hydrogens (tertiary/aromatic N) is 1. The summed E-state index contributed by atoms with van der Waals surface area (Å²) in [5.41, 5.74) is 0.750. The van der Waals surface area contributed by atoms with Gasteiger partial charge in [0.2, 0.25) is 5.91 Å². The fourth-order valence-electron chi connectivity index (χ4n) is 2.15. The number of carbonyl (C=O) groups is 2. The van der Waals surface area contributed by atoms with Crippen molar-refractivity contribution in [1.29, 1.82) is 0 Å². The number of rotatable bonds is 6. The van der Waals surface area contributed by atoms with Gasteiger partial charge in [0.1, 0.15) is 5.75 Å². The molecular weight excluding hydrogens is 284 g/mol. The molecule has 0 bridgehead atoms. The van der Waals surface area contributed by atoms with Crippen molar-refractivity contribution in [1.82, 2.24) is 4.90 Å². The first-order chi connectivity index (χ1) is 9.88. The summed E-state index contributed by atoms with van der Waals surface area (Å²) in [5.74, 6) is -2.14. The zero-order valence-corrected chi connectivity index (χ0v) is 11.3. The predicted molar refractivity (Wildman–Crippen MR) is 68.8 cm³/mol. The summed E-state index contributed by atoms with van der Waals surface area (Å²) in [6, 6.07) is 5.97. The molecule has 2 rings (SSSR count). The smallest absolute Gasteiger partial charge is 0.387 e. The van der Waals surface area contributed by atoms with Crippen molar-refractivity contribution in [3.8, 4) is 5.75 Å². The van der Waals surface area contributed by atoms with Gasteiger partial charge < -0.3 is 14.7 Å². The summed E-state index contributed by atoms with van der Waals surface area (Å²) in [4.78, 5) is 24.2. The molecule has 5 nitrogen and oxygen atoms in total. The summed E-state index contributed by atoms with van der Waals surface area (Å²) in [6.45, 7) is -2.58. The molecule has 1 aromatic rings. The molecule has 0 aliphatic heterocycles. The SMILES string of the molecule is CN(Cc1ccc(OC(F)F)cc1)C(=O)C1CC1C(=O)O. The molecule has 1 amide bonds. The number of halogens is 2. The van der Waals surface area contributed by atoms with E-state index in [9.17, 15) is 18.4 Å². The lowest BCUT2D eigenvalue weighted by Gasteiger charge is -2.17. The van der Waals surface area contributed by atoms with E-state index in [-0.39, 0.29) is 18.2 Å². The van der Waals surface area contributed by atoms with Crippen LogP contribution < -0.4 is 4.74 Å². The zero-order valence-electron chi connectivity index (χ0n) is 11.3. The van der Waals surface area contributed by atoms with Crippen molar-refractivity contribution in [3.05, 3.63) is 29.8 Å². The Bertz CT molecular complexity index is 532. The van der Waals surface area contributed by atoms with E-state index in [1.54, 1.807) is 19.2 Å². The van der Waals surface area contributed by atoms with Gasteiger partial charge in [0.15, 0.2) is 0 Å². The molecule has 1 saturated carbocycles. The highest BCUT2D eigenvalue weighted by Gasteiger charge is 2.49. The van der Waals surface area contributed by atoms with Crippen molar-refractivity contribution >= 4 is 11.9 Å². The third-order valence-corrected chi connectivity index (χ3v) is 3.37. The molecule has 0 saturated heterocycles. The van der Waals surface area contributed by atoms with Gasteiger partial charge in [0.05, 0.1) is 11.8 Å². The first-order valence-corrected chi connectivity index (χ1v) is 6.40. The Balaban J connectivity index is 1.89. The molecule has 2 atom stereocenters. The molecule has 1 N–H and O–H groups in total. The Labute approximate surface area is 120 Å². The number of ether oxygens (including phenoxy) is 1. The summed E-state index contributed by atoms with van der Waals surface area (Å²) < 4.78 is 28.3. The van der Waals surface area contributed by atoms with Gasteiger partial charge in [0.25, 0.3) is 0 Å². The maximum Gasteiger partial charge on any atom is 0.387 e. The van der Waals surface area contributed by atoms with Crippen LogP contribution in [0.5, 0.6) is 5.75 Å². The molecule has 1 aliphatic carbocycles. The number of carboxylic acids is 1. The molecule has 1 aliphatic rings. The number of alkyl halides is 2. The van der Waals surface area contributed by atoms with E-state index in [0.717, 1.165) is 5.56 Å². The topological polar surface area (TPSA) is 66.8 Å². The normalized spacial score (nSPS) is 20.2. The van der Waals surface area contributed by atoms with Crippen LogP contribution in [-0.4, -0.2) is 35.5 Å². The minimum Gasteiger partial charge on any atom is -0.481 e. The summed E-state index contributed by atoms with van der Waals surface area (Å²) in [6.07, 6.45) is 0.375. The number of hydrogen-bond acceptors (Lipinski definition) is 3. The summed E-state index contributed by atoms with van der Waals surface area (Å²) in [5, 5.41) is 8.80. The van der Waals surface area contributed by atoms with Gasteiger partial charge in [-0.25, -0.2) is 0 Å².